The van der Waals surface area contributed by atoms with E-state index in [0.29, 0.717) is 38.4 Å². The first-order valence-electron chi connectivity index (χ1n) is 10.2. The van der Waals surface area contributed by atoms with Crippen molar-refractivity contribution < 1.29 is 9.59 Å². The largest absolute Gasteiger partial charge is 0.358 e. The molecule has 0 spiro atoms. The van der Waals surface area contributed by atoms with Gasteiger partial charge in [-0.1, -0.05) is 36.4 Å². The van der Waals surface area contributed by atoms with Crippen LogP contribution in [-0.4, -0.2) is 69.4 Å². The van der Waals surface area contributed by atoms with E-state index in [4.69, 9.17) is 0 Å². The highest BCUT2D eigenvalue weighted by Gasteiger charge is 2.27. The summed E-state index contributed by atoms with van der Waals surface area (Å²) in [5.74, 6) is 0.0499. The Labute approximate surface area is 173 Å². The molecular weight excluding hydrogens is 378 g/mol. The first-order chi connectivity index (χ1) is 14.6. The predicted octanol–water partition coefficient (Wildman–Crippen LogP) is 2.99. The summed E-state index contributed by atoms with van der Waals surface area (Å²) in [6.45, 7) is 4.80. The van der Waals surface area contributed by atoms with Crippen LogP contribution in [-0.2, 0) is 0 Å². The lowest BCUT2D eigenvalue weighted by molar-refractivity contribution is 0.0621. The van der Waals surface area contributed by atoms with E-state index in [1.54, 1.807) is 0 Å². The molecule has 7 nitrogen and oxygen atoms in total. The van der Waals surface area contributed by atoms with Crippen LogP contribution in [0.3, 0.4) is 0 Å². The van der Waals surface area contributed by atoms with Crippen LogP contribution in [0.4, 0.5) is 0 Å². The van der Waals surface area contributed by atoms with Gasteiger partial charge in [0.25, 0.3) is 5.91 Å². The standard InChI is InChI=1S/C23H23N5O2/c1-15-21(16-6-2-4-8-18(16)24-15)20(29)14-27-10-12-28(13-11-27)23(30)22-17-7-3-5-9-19(17)25-26-22/h2-9,24H,10-14H2,1H3,(H,25,26). The van der Waals surface area contributed by atoms with Gasteiger partial charge in [0, 0.05) is 53.7 Å². The van der Waals surface area contributed by atoms with Crippen LogP contribution in [0.25, 0.3) is 21.8 Å². The SMILES string of the molecule is Cc1[nH]c2ccccc2c1C(=O)CN1CCN(C(=O)c2n[nH]c3ccccc23)CC1. The summed E-state index contributed by atoms with van der Waals surface area (Å²) in [6, 6.07) is 15.5. The van der Waals surface area contributed by atoms with E-state index in [1.165, 1.54) is 0 Å². The molecule has 1 saturated heterocycles. The van der Waals surface area contributed by atoms with Crippen molar-refractivity contribution in [2.24, 2.45) is 0 Å². The number of aryl methyl sites for hydroxylation is 1. The minimum Gasteiger partial charge on any atom is -0.358 e. The molecule has 0 bridgehead atoms. The van der Waals surface area contributed by atoms with Gasteiger partial charge in [0.15, 0.2) is 11.5 Å². The molecule has 1 aliphatic rings. The maximum absolute atomic E-state index is 13.0. The fraction of sp³-hybridized carbons (Fsp3) is 0.261. The third-order valence-corrected chi connectivity index (χ3v) is 5.87. The second-order valence-corrected chi connectivity index (χ2v) is 7.78. The molecule has 7 heteroatoms. The second kappa shape index (κ2) is 7.42. The van der Waals surface area contributed by atoms with E-state index >= 15 is 0 Å². The Bertz CT molecular complexity index is 1250. The second-order valence-electron chi connectivity index (χ2n) is 7.78. The number of amides is 1. The van der Waals surface area contributed by atoms with E-state index < -0.39 is 0 Å². The lowest BCUT2D eigenvalue weighted by atomic mass is 10.1. The molecule has 0 radical (unpaired) electrons. The maximum atomic E-state index is 13.0. The van der Waals surface area contributed by atoms with Crippen molar-refractivity contribution >= 4 is 33.5 Å². The van der Waals surface area contributed by atoms with E-state index in [-0.39, 0.29) is 11.7 Å². The molecule has 2 N–H and O–H groups in total. The first-order valence-corrected chi connectivity index (χ1v) is 10.2. The lowest BCUT2D eigenvalue weighted by Gasteiger charge is -2.34. The quantitative estimate of drug-likeness (QED) is 0.515. The van der Waals surface area contributed by atoms with Crippen LogP contribution < -0.4 is 0 Å². The number of carbonyl (C=O) groups is 2. The Morgan fingerprint density at radius 1 is 0.933 bits per heavy atom. The van der Waals surface area contributed by atoms with Crippen molar-refractivity contribution in [2.45, 2.75) is 6.92 Å². The zero-order valence-corrected chi connectivity index (χ0v) is 16.8. The topological polar surface area (TPSA) is 85.1 Å². The van der Waals surface area contributed by atoms with Crippen molar-refractivity contribution in [3.8, 4) is 0 Å². The molecule has 0 unspecified atom stereocenters. The van der Waals surface area contributed by atoms with Gasteiger partial charge in [-0.05, 0) is 19.1 Å². The number of Topliss-reactive ketones (excluding diaryl/α,β-unsaturated/α-hetero) is 1. The molecule has 2 aromatic carbocycles. The van der Waals surface area contributed by atoms with Crippen molar-refractivity contribution in [1.82, 2.24) is 25.0 Å². The summed E-state index contributed by atoms with van der Waals surface area (Å²) in [5.41, 5.74) is 3.98. The Kier molecular flexibility index (Phi) is 4.59. The molecule has 4 aromatic rings. The minimum atomic E-state index is -0.0640. The number of piperazine rings is 1. The van der Waals surface area contributed by atoms with Crippen LogP contribution in [0.15, 0.2) is 48.5 Å². The van der Waals surface area contributed by atoms with Gasteiger partial charge in [0.05, 0.1) is 12.1 Å². The number of ketones is 1. The Morgan fingerprint density at radius 3 is 2.37 bits per heavy atom. The Balaban J connectivity index is 1.25. The van der Waals surface area contributed by atoms with E-state index in [2.05, 4.69) is 20.1 Å². The average molecular weight is 401 g/mol. The third kappa shape index (κ3) is 3.17. The summed E-state index contributed by atoms with van der Waals surface area (Å²) >= 11 is 0. The lowest BCUT2D eigenvalue weighted by Crippen LogP contribution is -2.50. The zero-order valence-electron chi connectivity index (χ0n) is 16.8. The normalized spacial score (nSPS) is 15.2. The number of aromatic nitrogens is 3. The number of fused-ring (bicyclic) bond motifs is 2. The summed E-state index contributed by atoms with van der Waals surface area (Å²) < 4.78 is 0. The van der Waals surface area contributed by atoms with Gasteiger partial charge in [-0.25, -0.2) is 0 Å². The van der Waals surface area contributed by atoms with Gasteiger partial charge in [0.1, 0.15) is 0 Å². The van der Waals surface area contributed by atoms with Crippen molar-refractivity contribution in [3.05, 3.63) is 65.5 Å². The van der Waals surface area contributed by atoms with Gasteiger partial charge < -0.3 is 9.88 Å². The molecule has 30 heavy (non-hydrogen) atoms. The average Bonchev–Trinajstić information content (AvgIpc) is 3.34. The van der Waals surface area contributed by atoms with Crippen LogP contribution in [0.1, 0.15) is 26.5 Å². The Hall–Kier alpha value is -3.45. The molecule has 3 heterocycles. The zero-order chi connectivity index (χ0) is 20.7. The summed E-state index contributed by atoms with van der Waals surface area (Å²) in [4.78, 5) is 33.2. The number of nitrogens with one attached hydrogen (secondary N) is 2. The number of H-pyrrole nitrogens is 2. The third-order valence-electron chi connectivity index (χ3n) is 5.87. The van der Waals surface area contributed by atoms with Crippen LogP contribution >= 0.6 is 0 Å². The van der Waals surface area contributed by atoms with Gasteiger partial charge in [-0.3, -0.25) is 19.6 Å². The van der Waals surface area contributed by atoms with Gasteiger partial charge in [-0.2, -0.15) is 5.10 Å². The number of benzene rings is 2. The number of carbonyl (C=O) groups excluding carboxylic acids is 2. The molecule has 1 amide bonds. The van der Waals surface area contributed by atoms with E-state index in [1.807, 2.05) is 60.4 Å². The highest BCUT2D eigenvalue weighted by atomic mass is 16.2. The summed E-state index contributed by atoms with van der Waals surface area (Å²) in [7, 11) is 0. The monoisotopic (exact) mass is 401 g/mol. The molecule has 2 aromatic heterocycles. The van der Waals surface area contributed by atoms with E-state index in [9.17, 15) is 9.59 Å². The predicted molar refractivity (Wildman–Crippen MR) is 116 cm³/mol. The van der Waals surface area contributed by atoms with Crippen LogP contribution in [0.2, 0.25) is 0 Å². The molecule has 0 atom stereocenters. The molecule has 0 saturated carbocycles. The fourth-order valence-electron chi connectivity index (χ4n) is 4.30. The highest BCUT2D eigenvalue weighted by molar-refractivity contribution is 6.10. The maximum Gasteiger partial charge on any atom is 0.275 e. The molecule has 152 valence electrons. The van der Waals surface area contributed by atoms with Crippen LogP contribution in [0, 0.1) is 6.92 Å². The van der Waals surface area contributed by atoms with Crippen molar-refractivity contribution in [3.63, 3.8) is 0 Å². The van der Waals surface area contributed by atoms with Crippen molar-refractivity contribution in [2.75, 3.05) is 32.7 Å². The fourth-order valence-corrected chi connectivity index (χ4v) is 4.30. The number of para-hydroxylation sites is 2. The Morgan fingerprint density at radius 2 is 1.60 bits per heavy atom. The smallest absolute Gasteiger partial charge is 0.275 e. The first kappa shape index (κ1) is 18.6. The minimum absolute atomic E-state index is 0.0640. The number of hydrogen-bond acceptors (Lipinski definition) is 4. The number of hydrogen-bond donors (Lipinski definition) is 2. The van der Waals surface area contributed by atoms with Gasteiger partial charge in [0.2, 0.25) is 0 Å². The number of nitrogens with zero attached hydrogens (tertiary/aromatic N) is 3. The molecular formula is C23H23N5O2. The highest BCUT2D eigenvalue weighted by Crippen LogP contribution is 2.23. The van der Waals surface area contributed by atoms with Crippen molar-refractivity contribution in [1.29, 1.82) is 0 Å². The van der Waals surface area contributed by atoms with Crippen LogP contribution in [0.5, 0.6) is 0 Å². The molecule has 5 rings (SSSR count). The number of rotatable bonds is 4. The van der Waals surface area contributed by atoms with Gasteiger partial charge >= 0.3 is 0 Å². The van der Waals surface area contributed by atoms with Gasteiger partial charge in [-0.15, -0.1) is 0 Å². The molecule has 1 aliphatic heterocycles. The summed E-state index contributed by atoms with van der Waals surface area (Å²) in [5, 5.41) is 8.96. The molecule has 0 aliphatic carbocycles. The van der Waals surface area contributed by atoms with E-state index in [0.717, 1.165) is 33.1 Å². The molecule has 1 fully saturated rings. The number of aromatic amines is 2. The summed E-state index contributed by atoms with van der Waals surface area (Å²) in [6.07, 6.45) is 0.